The first-order valence-electron chi connectivity index (χ1n) is 8.00. The average Bonchev–Trinajstić information content (AvgIpc) is 2.49. The molecule has 0 aromatic heterocycles. The maximum absolute atomic E-state index is 13.3. The summed E-state index contributed by atoms with van der Waals surface area (Å²) in [6, 6.07) is 3.52. The van der Waals surface area contributed by atoms with E-state index in [1.54, 1.807) is 27.7 Å². The number of hydrogen-bond donors (Lipinski definition) is 2. The molecule has 0 aliphatic heterocycles. The largest absolute Gasteiger partial charge is 0.447 e. The number of hydrogen-bond acceptors (Lipinski definition) is 4. The second-order valence-electron chi connectivity index (χ2n) is 6.41. The lowest BCUT2D eigenvalue weighted by molar-refractivity contribution is -0.138. The molecule has 1 aromatic rings. The van der Waals surface area contributed by atoms with E-state index in [1.165, 1.54) is 18.2 Å². The summed E-state index contributed by atoms with van der Waals surface area (Å²) in [5.74, 6) is 0. The Labute approximate surface area is 150 Å². The SMILES string of the molecule is CCNC(=O)OCC(NC(=O)OC(C)(C)C)c1ccccc1C(F)(F)F. The molecule has 0 spiro atoms. The van der Waals surface area contributed by atoms with Crippen LogP contribution in [0.5, 0.6) is 0 Å². The Balaban J connectivity index is 3.08. The third-order valence-electron chi connectivity index (χ3n) is 3.03. The van der Waals surface area contributed by atoms with Crippen LogP contribution in [-0.4, -0.2) is 30.9 Å². The molecule has 0 aliphatic rings. The van der Waals surface area contributed by atoms with Crippen LogP contribution in [0.4, 0.5) is 22.8 Å². The summed E-state index contributed by atoms with van der Waals surface area (Å²) in [6.45, 7) is 6.33. The Bertz CT molecular complexity index is 627. The maximum atomic E-state index is 13.3. The van der Waals surface area contributed by atoms with Crippen LogP contribution in [0.2, 0.25) is 0 Å². The van der Waals surface area contributed by atoms with E-state index in [2.05, 4.69) is 10.6 Å². The minimum Gasteiger partial charge on any atom is -0.447 e. The molecule has 1 rings (SSSR count). The van der Waals surface area contributed by atoms with Crippen LogP contribution in [0.1, 0.15) is 44.9 Å². The highest BCUT2D eigenvalue weighted by Gasteiger charge is 2.36. The molecule has 9 heteroatoms. The van der Waals surface area contributed by atoms with E-state index in [4.69, 9.17) is 9.47 Å². The van der Waals surface area contributed by atoms with Crippen molar-refractivity contribution in [1.29, 1.82) is 0 Å². The minimum absolute atomic E-state index is 0.227. The molecule has 0 bridgehead atoms. The van der Waals surface area contributed by atoms with Crippen molar-refractivity contribution >= 4 is 12.2 Å². The Kier molecular flexibility index (Phi) is 7.29. The lowest BCUT2D eigenvalue weighted by Crippen LogP contribution is -2.38. The lowest BCUT2D eigenvalue weighted by atomic mass is 10.0. The minimum atomic E-state index is -4.63. The van der Waals surface area contributed by atoms with Gasteiger partial charge in [-0.05, 0) is 39.3 Å². The molecule has 146 valence electrons. The van der Waals surface area contributed by atoms with Crippen LogP contribution in [0, 0.1) is 0 Å². The molecule has 0 aliphatic carbocycles. The van der Waals surface area contributed by atoms with Crippen molar-refractivity contribution < 1.29 is 32.2 Å². The van der Waals surface area contributed by atoms with Gasteiger partial charge >= 0.3 is 18.4 Å². The molecule has 0 fully saturated rings. The van der Waals surface area contributed by atoms with Gasteiger partial charge in [0, 0.05) is 6.54 Å². The van der Waals surface area contributed by atoms with Crippen molar-refractivity contribution in [2.75, 3.05) is 13.2 Å². The molecule has 0 radical (unpaired) electrons. The zero-order valence-corrected chi connectivity index (χ0v) is 15.1. The number of halogens is 3. The molecular weight excluding hydrogens is 353 g/mol. The van der Waals surface area contributed by atoms with Crippen LogP contribution in [-0.2, 0) is 15.7 Å². The Morgan fingerprint density at radius 1 is 1.12 bits per heavy atom. The van der Waals surface area contributed by atoms with Gasteiger partial charge in [0.05, 0.1) is 11.6 Å². The van der Waals surface area contributed by atoms with E-state index in [0.717, 1.165) is 6.07 Å². The number of alkyl halides is 3. The molecule has 1 aromatic carbocycles. The number of rotatable bonds is 5. The van der Waals surface area contributed by atoms with E-state index in [9.17, 15) is 22.8 Å². The fourth-order valence-electron chi connectivity index (χ4n) is 2.07. The van der Waals surface area contributed by atoms with Gasteiger partial charge in [-0.1, -0.05) is 18.2 Å². The standard InChI is InChI=1S/C17H23F3N2O4/c1-5-21-14(23)25-10-13(22-15(24)26-16(2,3)4)11-8-6-7-9-12(11)17(18,19)20/h6-9,13H,5,10H2,1-4H3,(H,21,23)(H,22,24). The molecule has 0 saturated heterocycles. The van der Waals surface area contributed by atoms with E-state index >= 15 is 0 Å². The third kappa shape index (κ3) is 7.20. The van der Waals surface area contributed by atoms with Gasteiger partial charge in [0.25, 0.3) is 0 Å². The molecule has 2 N–H and O–H groups in total. The molecule has 2 amide bonds. The Morgan fingerprint density at radius 2 is 1.73 bits per heavy atom. The predicted molar refractivity (Wildman–Crippen MR) is 88.6 cm³/mol. The topological polar surface area (TPSA) is 76.7 Å². The second-order valence-corrected chi connectivity index (χ2v) is 6.41. The van der Waals surface area contributed by atoms with E-state index in [1.807, 2.05) is 0 Å². The van der Waals surface area contributed by atoms with Gasteiger partial charge in [-0.2, -0.15) is 13.2 Å². The van der Waals surface area contributed by atoms with E-state index in [0.29, 0.717) is 6.54 Å². The number of benzene rings is 1. The van der Waals surface area contributed by atoms with Gasteiger partial charge in [-0.15, -0.1) is 0 Å². The van der Waals surface area contributed by atoms with Gasteiger partial charge in [0.2, 0.25) is 0 Å². The van der Waals surface area contributed by atoms with Crippen molar-refractivity contribution in [1.82, 2.24) is 10.6 Å². The highest BCUT2D eigenvalue weighted by molar-refractivity contribution is 5.69. The number of carbonyl (C=O) groups is 2. The molecule has 1 unspecified atom stereocenters. The van der Waals surface area contributed by atoms with E-state index in [-0.39, 0.29) is 5.56 Å². The summed E-state index contributed by atoms with van der Waals surface area (Å²) < 4.78 is 49.8. The van der Waals surface area contributed by atoms with Crippen molar-refractivity contribution in [2.45, 2.75) is 45.5 Å². The molecule has 0 heterocycles. The van der Waals surface area contributed by atoms with Crippen molar-refractivity contribution in [2.24, 2.45) is 0 Å². The van der Waals surface area contributed by atoms with Crippen LogP contribution in [0.15, 0.2) is 24.3 Å². The molecule has 6 nitrogen and oxygen atoms in total. The fourth-order valence-corrected chi connectivity index (χ4v) is 2.07. The summed E-state index contributed by atoms with van der Waals surface area (Å²) in [6.07, 6.45) is -6.34. The van der Waals surface area contributed by atoms with E-state index < -0.39 is 42.2 Å². The van der Waals surface area contributed by atoms with Crippen molar-refractivity contribution in [3.63, 3.8) is 0 Å². The third-order valence-corrected chi connectivity index (χ3v) is 3.03. The smallest absolute Gasteiger partial charge is 0.416 e. The molecule has 1 atom stereocenters. The second kappa shape index (κ2) is 8.77. The fraction of sp³-hybridized carbons (Fsp3) is 0.529. The zero-order chi connectivity index (χ0) is 20.0. The van der Waals surface area contributed by atoms with Crippen molar-refractivity contribution in [3.8, 4) is 0 Å². The summed E-state index contributed by atoms with van der Waals surface area (Å²) >= 11 is 0. The van der Waals surface area contributed by atoms with Crippen LogP contribution < -0.4 is 10.6 Å². The van der Waals surface area contributed by atoms with Crippen molar-refractivity contribution in [3.05, 3.63) is 35.4 Å². The van der Waals surface area contributed by atoms with Gasteiger partial charge in [0.1, 0.15) is 12.2 Å². The number of alkyl carbamates (subject to hydrolysis) is 2. The van der Waals surface area contributed by atoms with Crippen LogP contribution in [0.25, 0.3) is 0 Å². The number of nitrogens with one attached hydrogen (secondary N) is 2. The summed E-state index contributed by atoms with van der Waals surface area (Å²) in [4.78, 5) is 23.5. The predicted octanol–water partition coefficient (Wildman–Crippen LogP) is 4.02. The first-order chi connectivity index (χ1) is 11.9. The maximum Gasteiger partial charge on any atom is 0.416 e. The quantitative estimate of drug-likeness (QED) is 0.814. The summed E-state index contributed by atoms with van der Waals surface area (Å²) in [5.41, 5.74) is -1.99. The van der Waals surface area contributed by atoms with Gasteiger partial charge < -0.3 is 20.1 Å². The number of carbonyl (C=O) groups excluding carboxylic acids is 2. The Hall–Kier alpha value is -2.45. The highest BCUT2D eigenvalue weighted by Crippen LogP contribution is 2.34. The monoisotopic (exact) mass is 376 g/mol. The van der Waals surface area contributed by atoms with Crippen LogP contribution in [0.3, 0.4) is 0 Å². The van der Waals surface area contributed by atoms with Gasteiger partial charge in [-0.3, -0.25) is 0 Å². The Morgan fingerprint density at radius 3 is 2.27 bits per heavy atom. The van der Waals surface area contributed by atoms with Crippen LogP contribution >= 0.6 is 0 Å². The lowest BCUT2D eigenvalue weighted by Gasteiger charge is -2.25. The van der Waals surface area contributed by atoms with Gasteiger partial charge in [0.15, 0.2) is 0 Å². The number of amides is 2. The molecular formula is C17H23F3N2O4. The number of ether oxygens (including phenoxy) is 2. The highest BCUT2D eigenvalue weighted by atomic mass is 19.4. The zero-order valence-electron chi connectivity index (χ0n) is 15.1. The summed E-state index contributed by atoms with van der Waals surface area (Å²) in [5, 5.41) is 4.70. The first-order valence-corrected chi connectivity index (χ1v) is 8.00. The molecule has 26 heavy (non-hydrogen) atoms. The normalized spacial score (nSPS) is 12.9. The average molecular weight is 376 g/mol. The summed E-state index contributed by atoms with van der Waals surface area (Å²) in [7, 11) is 0. The van der Waals surface area contributed by atoms with Gasteiger partial charge in [-0.25, -0.2) is 9.59 Å². The first kappa shape index (κ1) is 21.6. The molecule has 0 saturated carbocycles.